The van der Waals surface area contributed by atoms with Crippen LogP contribution in [0.5, 0.6) is 5.75 Å². The summed E-state index contributed by atoms with van der Waals surface area (Å²) < 4.78 is 12.9. The zero-order valence-electron chi connectivity index (χ0n) is 18.8. The Kier molecular flexibility index (Phi) is 6.43. The van der Waals surface area contributed by atoms with E-state index in [1.165, 1.54) is 18.3 Å². The second-order valence-electron chi connectivity index (χ2n) is 7.58. The van der Waals surface area contributed by atoms with Gasteiger partial charge in [0.2, 0.25) is 0 Å². The zero-order chi connectivity index (χ0) is 24.4. The number of carbonyl (C=O) groups is 2. The van der Waals surface area contributed by atoms with Crippen LogP contribution in [-0.4, -0.2) is 34.4 Å². The van der Waals surface area contributed by atoms with Gasteiger partial charge in [-0.1, -0.05) is 11.6 Å². The van der Waals surface area contributed by atoms with Gasteiger partial charge in [-0.3, -0.25) is 4.79 Å². The van der Waals surface area contributed by atoms with Crippen molar-refractivity contribution < 1.29 is 23.8 Å². The van der Waals surface area contributed by atoms with Crippen LogP contribution in [0.2, 0.25) is 5.02 Å². The maximum Gasteiger partial charge on any atom is 0.335 e. The summed E-state index contributed by atoms with van der Waals surface area (Å²) in [5.41, 5.74) is 6.08. The van der Waals surface area contributed by atoms with E-state index in [0.717, 1.165) is 22.3 Å². The van der Waals surface area contributed by atoms with Crippen molar-refractivity contribution in [1.82, 2.24) is 9.99 Å². The summed E-state index contributed by atoms with van der Waals surface area (Å²) in [6.07, 6.45) is 1.52. The second kappa shape index (κ2) is 9.44. The SMILES string of the molecule is CCOc1ccc2oc(C(=O)N/N=C/c3cc(C)n(-c4cc(C(=O)O)ccc4Cl)c3C)cc2c1. The fourth-order valence-electron chi connectivity index (χ4n) is 3.71. The molecule has 0 bridgehead atoms. The molecule has 34 heavy (non-hydrogen) atoms. The third-order valence-corrected chi connectivity index (χ3v) is 5.62. The van der Waals surface area contributed by atoms with Crippen LogP contribution in [0.4, 0.5) is 0 Å². The molecule has 9 heteroatoms. The summed E-state index contributed by atoms with van der Waals surface area (Å²) in [5.74, 6) is -0.699. The van der Waals surface area contributed by atoms with Crippen molar-refractivity contribution in [2.45, 2.75) is 20.8 Å². The first-order valence-corrected chi connectivity index (χ1v) is 10.9. The highest BCUT2D eigenvalue weighted by Gasteiger charge is 2.16. The van der Waals surface area contributed by atoms with Crippen molar-refractivity contribution >= 4 is 40.7 Å². The van der Waals surface area contributed by atoms with Gasteiger partial charge in [0.15, 0.2) is 5.76 Å². The van der Waals surface area contributed by atoms with Gasteiger partial charge in [-0.25, -0.2) is 10.2 Å². The summed E-state index contributed by atoms with van der Waals surface area (Å²) in [5, 5.41) is 14.5. The lowest BCUT2D eigenvalue weighted by Gasteiger charge is -2.12. The molecular weight excluding hydrogens is 458 g/mol. The lowest BCUT2D eigenvalue weighted by molar-refractivity contribution is 0.0696. The number of hydrogen-bond acceptors (Lipinski definition) is 5. The van der Waals surface area contributed by atoms with E-state index in [2.05, 4.69) is 10.5 Å². The number of hydrogen-bond donors (Lipinski definition) is 2. The Balaban J connectivity index is 1.54. The predicted octanol–water partition coefficient (Wildman–Crippen LogP) is 5.35. The number of aryl methyl sites for hydroxylation is 1. The maximum atomic E-state index is 12.5. The number of aromatic nitrogens is 1. The minimum Gasteiger partial charge on any atom is -0.494 e. The number of hydrazone groups is 1. The second-order valence-corrected chi connectivity index (χ2v) is 7.98. The summed E-state index contributed by atoms with van der Waals surface area (Å²) in [7, 11) is 0. The van der Waals surface area contributed by atoms with E-state index in [9.17, 15) is 14.7 Å². The third-order valence-electron chi connectivity index (χ3n) is 5.30. The Morgan fingerprint density at radius 2 is 1.97 bits per heavy atom. The molecule has 4 rings (SSSR count). The molecule has 2 aromatic carbocycles. The number of halogens is 1. The molecule has 0 saturated carbocycles. The largest absolute Gasteiger partial charge is 0.494 e. The first kappa shape index (κ1) is 23.1. The van der Waals surface area contributed by atoms with Crippen LogP contribution < -0.4 is 10.2 Å². The van der Waals surface area contributed by atoms with E-state index in [1.807, 2.05) is 37.5 Å². The van der Waals surface area contributed by atoms with Crippen molar-refractivity contribution in [2.24, 2.45) is 5.10 Å². The fraction of sp³-hybridized carbons (Fsp3) is 0.160. The highest BCUT2D eigenvalue weighted by molar-refractivity contribution is 6.32. The Morgan fingerprint density at radius 1 is 1.18 bits per heavy atom. The number of fused-ring (bicyclic) bond motifs is 1. The van der Waals surface area contributed by atoms with Crippen LogP contribution in [0, 0.1) is 13.8 Å². The van der Waals surface area contributed by atoms with Gasteiger partial charge in [0.1, 0.15) is 11.3 Å². The molecule has 0 radical (unpaired) electrons. The van der Waals surface area contributed by atoms with Crippen LogP contribution in [0.1, 0.15) is 44.8 Å². The molecule has 0 aliphatic rings. The molecule has 2 aromatic heterocycles. The van der Waals surface area contributed by atoms with E-state index in [4.69, 9.17) is 20.8 Å². The Morgan fingerprint density at radius 3 is 2.71 bits per heavy atom. The number of carboxylic acids is 1. The van der Waals surface area contributed by atoms with Crippen LogP contribution in [-0.2, 0) is 0 Å². The minimum atomic E-state index is -1.04. The topological polar surface area (TPSA) is 106 Å². The number of carbonyl (C=O) groups excluding carboxylic acids is 1. The standard InChI is InChI=1S/C25H22ClN3O5/c1-4-33-19-6-8-22-17(10-19)12-23(34-22)24(30)28-27-13-18-9-14(2)29(15(18)3)21-11-16(25(31)32)5-7-20(21)26/h5-13H,4H2,1-3H3,(H,28,30)(H,31,32)/b27-13+. The smallest absolute Gasteiger partial charge is 0.335 e. The van der Waals surface area contributed by atoms with Gasteiger partial charge in [0.05, 0.1) is 29.1 Å². The molecule has 0 aliphatic carbocycles. The summed E-state index contributed by atoms with van der Waals surface area (Å²) in [6, 6.07) is 13.4. The fourth-order valence-corrected chi connectivity index (χ4v) is 3.91. The summed E-state index contributed by atoms with van der Waals surface area (Å²) >= 11 is 6.34. The first-order chi connectivity index (χ1) is 16.3. The molecule has 174 valence electrons. The lowest BCUT2D eigenvalue weighted by Crippen LogP contribution is -2.16. The molecule has 2 heterocycles. The Labute approximate surface area is 200 Å². The molecule has 0 aliphatic heterocycles. The van der Waals surface area contributed by atoms with E-state index in [1.54, 1.807) is 24.3 Å². The average Bonchev–Trinajstić information content (AvgIpc) is 3.34. The first-order valence-electron chi connectivity index (χ1n) is 10.5. The number of rotatable bonds is 7. The van der Waals surface area contributed by atoms with E-state index in [-0.39, 0.29) is 11.3 Å². The Bertz CT molecular complexity index is 1430. The number of amides is 1. The number of ether oxygens (including phenoxy) is 1. The highest BCUT2D eigenvalue weighted by Crippen LogP contribution is 2.27. The van der Waals surface area contributed by atoms with E-state index < -0.39 is 11.9 Å². The average molecular weight is 480 g/mol. The van der Waals surface area contributed by atoms with Gasteiger partial charge in [-0.15, -0.1) is 0 Å². The highest BCUT2D eigenvalue weighted by atomic mass is 35.5. The van der Waals surface area contributed by atoms with Crippen molar-refractivity contribution in [1.29, 1.82) is 0 Å². The summed E-state index contributed by atoms with van der Waals surface area (Å²) in [6.45, 7) is 6.17. The van der Waals surface area contributed by atoms with Crippen molar-refractivity contribution in [2.75, 3.05) is 6.61 Å². The van der Waals surface area contributed by atoms with E-state index >= 15 is 0 Å². The lowest BCUT2D eigenvalue weighted by atomic mass is 10.2. The van der Waals surface area contributed by atoms with Gasteiger partial charge >= 0.3 is 11.9 Å². The molecule has 0 fully saturated rings. The molecule has 0 atom stereocenters. The molecular formula is C25H22ClN3O5. The van der Waals surface area contributed by atoms with Gasteiger partial charge < -0.3 is 18.8 Å². The molecule has 8 nitrogen and oxygen atoms in total. The summed E-state index contributed by atoms with van der Waals surface area (Å²) in [4.78, 5) is 23.9. The van der Waals surface area contributed by atoms with Crippen molar-refractivity contribution in [3.63, 3.8) is 0 Å². The van der Waals surface area contributed by atoms with Crippen molar-refractivity contribution in [3.8, 4) is 11.4 Å². The zero-order valence-corrected chi connectivity index (χ0v) is 19.5. The molecule has 1 amide bonds. The monoisotopic (exact) mass is 479 g/mol. The Hall–Kier alpha value is -4.04. The van der Waals surface area contributed by atoms with Crippen LogP contribution in [0.25, 0.3) is 16.7 Å². The minimum absolute atomic E-state index is 0.128. The number of aromatic carboxylic acids is 1. The van der Waals surface area contributed by atoms with Gasteiger partial charge in [-0.2, -0.15) is 5.10 Å². The molecule has 4 aromatic rings. The van der Waals surface area contributed by atoms with Crippen LogP contribution in [0.15, 0.2) is 58.0 Å². The third kappa shape index (κ3) is 4.53. The van der Waals surface area contributed by atoms with Gasteiger partial charge in [0, 0.05) is 22.3 Å². The van der Waals surface area contributed by atoms with Gasteiger partial charge in [0.25, 0.3) is 0 Å². The number of nitrogens with zero attached hydrogens (tertiary/aromatic N) is 2. The number of furan rings is 1. The molecule has 0 spiro atoms. The molecule has 0 saturated heterocycles. The maximum absolute atomic E-state index is 12.5. The predicted molar refractivity (Wildman–Crippen MR) is 130 cm³/mol. The van der Waals surface area contributed by atoms with E-state index in [0.29, 0.717) is 28.6 Å². The normalized spacial score (nSPS) is 11.3. The number of benzene rings is 2. The van der Waals surface area contributed by atoms with Crippen LogP contribution >= 0.6 is 11.6 Å². The molecule has 0 unspecified atom stereocenters. The number of nitrogens with one attached hydrogen (secondary N) is 1. The van der Waals surface area contributed by atoms with Gasteiger partial charge in [-0.05, 0) is 69.3 Å². The number of carboxylic acid groups (broad SMARTS) is 1. The molecule has 2 N–H and O–H groups in total. The van der Waals surface area contributed by atoms with Crippen LogP contribution in [0.3, 0.4) is 0 Å². The quantitative estimate of drug-likeness (QED) is 0.274. The van der Waals surface area contributed by atoms with Crippen molar-refractivity contribution in [3.05, 3.63) is 81.8 Å².